The Morgan fingerprint density at radius 3 is 2.90 bits per heavy atom. The normalized spacial score (nSPS) is 20.7. The van der Waals surface area contributed by atoms with Crippen LogP contribution in [0.5, 0.6) is 0 Å². The van der Waals surface area contributed by atoms with E-state index in [0.717, 1.165) is 13.1 Å². The molecule has 0 saturated carbocycles. The predicted octanol–water partition coefficient (Wildman–Crippen LogP) is 3.16. The zero-order valence-corrected chi connectivity index (χ0v) is 12.7. The molecule has 108 valence electrons. The predicted molar refractivity (Wildman–Crippen MR) is 85.9 cm³/mol. The Morgan fingerprint density at radius 1 is 1.14 bits per heavy atom. The van der Waals surface area contributed by atoms with Crippen molar-refractivity contribution in [2.24, 2.45) is 0 Å². The minimum atomic E-state index is 0.556. The number of hydrogen-bond donors (Lipinski definition) is 1. The molecule has 2 heterocycles. The average molecular weight is 278 g/mol. The van der Waals surface area contributed by atoms with Crippen molar-refractivity contribution >= 4 is 0 Å². The lowest BCUT2D eigenvalue weighted by Crippen LogP contribution is -2.16. The van der Waals surface area contributed by atoms with Crippen molar-refractivity contribution < 1.29 is 0 Å². The number of fused-ring (bicyclic) bond motifs is 3. The van der Waals surface area contributed by atoms with E-state index < -0.39 is 0 Å². The maximum absolute atomic E-state index is 4.34. The quantitative estimate of drug-likeness (QED) is 0.867. The van der Waals surface area contributed by atoms with Crippen LogP contribution in [0, 0.1) is 6.92 Å². The van der Waals surface area contributed by atoms with Gasteiger partial charge in [0.25, 0.3) is 0 Å². The summed E-state index contributed by atoms with van der Waals surface area (Å²) >= 11 is 0. The lowest BCUT2D eigenvalue weighted by Gasteiger charge is -2.19. The fourth-order valence-electron chi connectivity index (χ4n) is 4.18. The minimum Gasteiger partial charge on any atom is -0.316 e. The first kappa shape index (κ1) is 13.0. The van der Waals surface area contributed by atoms with Gasteiger partial charge in [-0.3, -0.25) is 4.98 Å². The Hall–Kier alpha value is -1.67. The van der Waals surface area contributed by atoms with Crippen LogP contribution >= 0.6 is 0 Å². The molecular weight excluding hydrogens is 256 g/mol. The van der Waals surface area contributed by atoms with E-state index in [1.54, 1.807) is 22.3 Å². The largest absolute Gasteiger partial charge is 0.316 e. The molecule has 0 fully saturated rings. The second-order valence-corrected chi connectivity index (χ2v) is 6.35. The van der Waals surface area contributed by atoms with Gasteiger partial charge < -0.3 is 5.32 Å². The fraction of sp³-hybridized carbons (Fsp3) is 0.421. The van der Waals surface area contributed by atoms with Gasteiger partial charge in [0.15, 0.2) is 0 Å². The van der Waals surface area contributed by atoms with Crippen LogP contribution in [-0.2, 0) is 19.3 Å². The Balaban J connectivity index is 1.88. The highest BCUT2D eigenvalue weighted by Crippen LogP contribution is 2.43. The summed E-state index contributed by atoms with van der Waals surface area (Å²) in [6.07, 6.45) is 8.74. The smallest absolute Gasteiger partial charge is 0.0306 e. The number of nitrogens with one attached hydrogen (secondary N) is 1. The Labute approximate surface area is 126 Å². The van der Waals surface area contributed by atoms with Gasteiger partial charge in [-0.25, -0.2) is 0 Å². The number of aryl methyl sites for hydroxylation is 1. The second-order valence-electron chi connectivity index (χ2n) is 6.35. The number of nitrogens with zero attached hydrogens (tertiary/aromatic N) is 1. The van der Waals surface area contributed by atoms with Gasteiger partial charge in [-0.2, -0.15) is 0 Å². The number of benzene rings is 1. The maximum Gasteiger partial charge on any atom is 0.0306 e. The third-order valence-electron chi connectivity index (χ3n) is 5.15. The van der Waals surface area contributed by atoms with Crippen LogP contribution in [0.15, 0.2) is 30.6 Å². The van der Waals surface area contributed by atoms with Gasteiger partial charge in [0.1, 0.15) is 0 Å². The number of rotatable bonds is 1. The van der Waals surface area contributed by atoms with Crippen molar-refractivity contribution in [1.82, 2.24) is 10.3 Å². The molecule has 2 aliphatic rings. The van der Waals surface area contributed by atoms with Gasteiger partial charge in [-0.15, -0.1) is 0 Å². The standard InChI is InChI=1S/C19H22N2/c1-13-11-14-6-9-20-10-7-18(14)19-16(13)4-5-17(19)15-3-2-8-21-12-15/h2-3,8,11-12,17,20H,4-7,9-10H2,1H3. The van der Waals surface area contributed by atoms with Gasteiger partial charge in [0.2, 0.25) is 0 Å². The summed E-state index contributed by atoms with van der Waals surface area (Å²) in [7, 11) is 0. The van der Waals surface area contributed by atoms with Crippen molar-refractivity contribution in [1.29, 1.82) is 0 Å². The molecule has 1 N–H and O–H groups in total. The van der Waals surface area contributed by atoms with Crippen LogP contribution in [0.1, 0.15) is 45.7 Å². The molecule has 4 rings (SSSR count). The van der Waals surface area contributed by atoms with Crippen molar-refractivity contribution in [2.75, 3.05) is 13.1 Å². The highest BCUT2D eigenvalue weighted by Gasteiger charge is 2.29. The van der Waals surface area contributed by atoms with Crippen molar-refractivity contribution in [3.05, 3.63) is 64.0 Å². The maximum atomic E-state index is 4.34. The van der Waals surface area contributed by atoms with E-state index in [4.69, 9.17) is 0 Å². The highest BCUT2D eigenvalue weighted by atomic mass is 14.8. The van der Waals surface area contributed by atoms with Gasteiger partial charge >= 0.3 is 0 Å². The molecule has 1 aliphatic carbocycles. The molecule has 2 aromatic rings. The van der Waals surface area contributed by atoms with E-state index in [1.807, 2.05) is 6.20 Å². The Morgan fingerprint density at radius 2 is 2.05 bits per heavy atom. The molecule has 1 aromatic heterocycles. The van der Waals surface area contributed by atoms with Crippen molar-refractivity contribution in [2.45, 2.75) is 38.5 Å². The summed E-state index contributed by atoms with van der Waals surface area (Å²) < 4.78 is 0. The van der Waals surface area contributed by atoms with Crippen molar-refractivity contribution in [3.63, 3.8) is 0 Å². The summed E-state index contributed by atoms with van der Waals surface area (Å²) in [5.41, 5.74) is 9.35. The molecule has 0 saturated heterocycles. The Kier molecular flexibility index (Phi) is 3.27. The highest BCUT2D eigenvalue weighted by molar-refractivity contribution is 5.53. The molecule has 0 spiro atoms. The van der Waals surface area contributed by atoms with Crippen LogP contribution in [-0.4, -0.2) is 18.1 Å². The fourth-order valence-corrected chi connectivity index (χ4v) is 4.18. The lowest BCUT2D eigenvalue weighted by atomic mass is 9.85. The van der Waals surface area contributed by atoms with Gasteiger partial charge in [0, 0.05) is 18.3 Å². The van der Waals surface area contributed by atoms with Crippen LogP contribution in [0.3, 0.4) is 0 Å². The Bertz CT molecular complexity index is 661. The lowest BCUT2D eigenvalue weighted by molar-refractivity contribution is 0.707. The summed E-state index contributed by atoms with van der Waals surface area (Å²) in [6, 6.07) is 6.77. The topological polar surface area (TPSA) is 24.9 Å². The summed E-state index contributed by atoms with van der Waals surface area (Å²) in [5, 5.41) is 3.55. The number of pyridine rings is 1. The third kappa shape index (κ3) is 2.18. The molecule has 0 bridgehead atoms. The van der Waals surface area contributed by atoms with Gasteiger partial charge in [-0.05, 0) is 85.1 Å². The molecule has 1 aromatic carbocycles. The molecule has 0 radical (unpaired) electrons. The molecule has 0 amide bonds. The van der Waals surface area contributed by atoms with Crippen LogP contribution < -0.4 is 5.32 Å². The van der Waals surface area contributed by atoms with E-state index in [-0.39, 0.29) is 0 Å². The zero-order chi connectivity index (χ0) is 14.2. The third-order valence-corrected chi connectivity index (χ3v) is 5.15. The first-order valence-electron chi connectivity index (χ1n) is 8.09. The van der Waals surface area contributed by atoms with E-state index in [1.165, 1.54) is 36.8 Å². The molecule has 1 unspecified atom stereocenters. The molecule has 1 atom stereocenters. The summed E-state index contributed by atoms with van der Waals surface area (Å²) in [4.78, 5) is 4.34. The van der Waals surface area contributed by atoms with E-state index in [0.29, 0.717) is 5.92 Å². The molecule has 2 heteroatoms. The zero-order valence-electron chi connectivity index (χ0n) is 12.7. The molecule has 1 aliphatic heterocycles. The molecular formula is C19H22N2. The summed E-state index contributed by atoms with van der Waals surface area (Å²) in [5.74, 6) is 0.556. The number of hydrogen-bond acceptors (Lipinski definition) is 2. The summed E-state index contributed by atoms with van der Waals surface area (Å²) in [6.45, 7) is 4.52. The van der Waals surface area contributed by atoms with E-state index in [9.17, 15) is 0 Å². The van der Waals surface area contributed by atoms with Crippen LogP contribution in [0.25, 0.3) is 0 Å². The van der Waals surface area contributed by atoms with Crippen LogP contribution in [0.2, 0.25) is 0 Å². The average Bonchev–Trinajstić information content (AvgIpc) is 2.83. The SMILES string of the molecule is Cc1cc2c(c3c1CCC3c1cccnc1)CCNCC2. The van der Waals surface area contributed by atoms with Gasteiger partial charge in [0.05, 0.1) is 0 Å². The van der Waals surface area contributed by atoms with E-state index >= 15 is 0 Å². The van der Waals surface area contributed by atoms with Crippen LogP contribution in [0.4, 0.5) is 0 Å². The monoisotopic (exact) mass is 278 g/mol. The minimum absolute atomic E-state index is 0.556. The van der Waals surface area contributed by atoms with Crippen molar-refractivity contribution in [3.8, 4) is 0 Å². The second kappa shape index (κ2) is 5.27. The molecule has 21 heavy (non-hydrogen) atoms. The first-order chi connectivity index (χ1) is 10.3. The van der Waals surface area contributed by atoms with Gasteiger partial charge in [-0.1, -0.05) is 12.1 Å². The molecule has 2 nitrogen and oxygen atoms in total. The van der Waals surface area contributed by atoms with E-state index in [2.05, 4.69) is 41.6 Å². The first-order valence-corrected chi connectivity index (χ1v) is 8.09. The number of aromatic nitrogens is 1.